The molecule has 0 aliphatic carbocycles. The van der Waals surface area contributed by atoms with Gasteiger partial charge in [-0.1, -0.05) is 13.8 Å². The van der Waals surface area contributed by atoms with Crippen LogP contribution in [0.1, 0.15) is 26.7 Å². The second-order valence-corrected chi connectivity index (χ2v) is 5.31. The molecule has 0 N–H and O–H groups in total. The number of hydrogen-bond acceptors (Lipinski definition) is 5. The predicted molar refractivity (Wildman–Crippen MR) is 65.7 cm³/mol. The van der Waals surface area contributed by atoms with Crippen LogP contribution in [0.5, 0.6) is 0 Å². The molecule has 6 nitrogen and oxygen atoms in total. The molecule has 0 unspecified atom stereocenters. The lowest BCUT2D eigenvalue weighted by Crippen LogP contribution is -2.17. The maximum Gasteiger partial charge on any atom is 0.297 e. The van der Waals surface area contributed by atoms with Crippen LogP contribution in [-0.4, -0.2) is 19.4 Å². The first-order valence-electron chi connectivity index (χ1n) is 5.58. The van der Waals surface area contributed by atoms with E-state index >= 15 is 0 Å². The standard InChI is InChI=1S/C11H15NO5S/c1-3-10(4-2)17-18(15,16)11-7-5-9(6-8-11)12(13)14/h5-8,10H,3-4H2,1-2H3. The molecule has 1 aromatic carbocycles. The van der Waals surface area contributed by atoms with Crippen molar-refractivity contribution in [2.24, 2.45) is 0 Å². The third-order valence-electron chi connectivity index (χ3n) is 2.51. The molecule has 0 heterocycles. The summed E-state index contributed by atoms with van der Waals surface area (Å²) in [6.07, 6.45) is 0.802. The average molecular weight is 273 g/mol. The van der Waals surface area contributed by atoms with Gasteiger partial charge in [-0.25, -0.2) is 0 Å². The molecule has 1 rings (SSSR count). The molecule has 18 heavy (non-hydrogen) atoms. The fraction of sp³-hybridized carbons (Fsp3) is 0.455. The van der Waals surface area contributed by atoms with Crippen LogP contribution in [0.2, 0.25) is 0 Å². The van der Waals surface area contributed by atoms with Gasteiger partial charge in [-0.3, -0.25) is 14.3 Å². The molecule has 0 atom stereocenters. The van der Waals surface area contributed by atoms with E-state index in [0.717, 1.165) is 12.1 Å². The monoisotopic (exact) mass is 273 g/mol. The van der Waals surface area contributed by atoms with Crippen molar-refractivity contribution in [1.82, 2.24) is 0 Å². The second kappa shape index (κ2) is 5.92. The molecule has 0 aliphatic heterocycles. The van der Waals surface area contributed by atoms with Crippen LogP contribution in [0.25, 0.3) is 0 Å². The Kier molecular flexibility index (Phi) is 4.80. The summed E-state index contributed by atoms with van der Waals surface area (Å²) >= 11 is 0. The molecule has 0 fully saturated rings. The third-order valence-corrected chi connectivity index (χ3v) is 3.88. The highest BCUT2D eigenvalue weighted by atomic mass is 32.2. The highest BCUT2D eigenvalue weighted by molar-refractivity contribution is 7.86. The maximum absolute atomic E-state index is 11.8. The smallest absolute Gasteiger partial charge is 0.263 e. The number of rotatable bonds is 6. The van der Waals surface area contributed by atoms with Gasteiger partial charge in [0.1, 0.15) is 0 Å². The summed E-state index contributed by atoms with van der Waals surface area (Å²) in [5, 5.41) is 10.5. The molecule has 0 aliphatic rings. The summed E-state index contributed by atoms with van der Waals surface area (Å²) in [4.78, 5) is 9.80. The molecule has 0 spiro atoms. The molecule has 1 aromatic rings. The highest BCUT2D eigenvalue weighted by Gasteiger charge is 2.20. The van der Waals surface area contributed by atoms with E-state index < -0.39 is 15.0 Å². The lowest BCUT2D eigenvalue weighted by molar-refractivity contribution is -0.384. The van der Waals surface area contributed by atoms with Gasteiger partial charge in [-0.15, -0.1) is 0 Å². The van der Waals surface area contributed by atoms with Crippen molar-refractivity contribution in [3.63, 3.8) is 0 Å². The number of hydrogen-bond donors (Lipinski definition) is 0. The molecule has 0 radical (unpaired) electrons. The Bertz CT molecular complexity index is 505. The van der Waals surface area contributed by atoms with E-state index in [1.54, 1.807) is 0 Å². The number of nitro benzene ring substituents is 1. The zero-order chi connectivity index (χ0) is 13.8. The number of nitro groups is 1. The fourth-order valence-corrected chi connectivity index (χ4v) is 2.60. The molecular weight excluding hydrogens is 258 g/mol. The zero-order valence-corrected chi connectivity index (χ0v) is 11.0. The maximum atomic E-state index is 11.8. The van der Waals surface area contributed by atoms with Crippen LogP contribution in [0.4, 0.5) is 5.69 Å². The summed E-state index contributed by atoms with van der Waals surface area (Å²) in [5.41, 5.74) is -0.156. The van der Waals surface area contributed by atoms with Crippen molar-refractivity contribution >= 4 is 15.8 Å². The molecule has 0 amide bonds. The SMILES string of the molecule is CCC(CC)OS(=O)(=O)c1ccc([N+](=O)[O-])cc1. The van der Waals surface area contributed by atoms with E-state index in [1.807, 2.05) is 13.8 Å². The van der Waals surface area contributed by atoms with Crippen molar-refractivity contribution < 1.29 is 17.5 Å². The van der Waals surface area contributed by atoms with E-state index in [2.05, 4.69) is 0 Å². The Morgan fingerprint density at radius 3 is 2.11 bits per heavy atom. The van der Waals surface area contributed by atoms with Gasteiger partial charge >= 0.3 is 0 Å². The Morgan fingerprint density at radius 2 is 1.72 bits per heavy atom. The van der Waals surface area contributed by atoms with Crippen LogP contribution in [-0.2, 0) is 14.3 Å². The Balaban J connectivity index is 2.95. The summed E-state index contributed by atoms with van der Waals surface area (Å²) in [6.45, 7) is 3.67. The van der Waals surface area contributed by atoms with Gasteiger partial charge in [-0.2, -0.15) is 8.42 Å². The first kappa shape index (κ1) is 14.6. The van der Waals surface area contributed by atoms with Gasteiger partial charge in [0.05, 0.1) is 15.9 Å². The normalized spacial score (nSPS) is 11.7. The molecule has 0 saturated carbocycles. The minimum absolute atomic E-state index is 0.0694. The lowest BCUT2D eigenvalue weighted by atomic mass is 10.2. The quantitative estimate of drug-likeness (QED) is 0.451. The zero-order valence-electron chi connectivity index (χ0n) is 10.2. The van der Waals surface area contributed by atoms with Crippen LogP contribution >= 0.6 is 0 Å². The van der Waals surface area contributed by atoms with Crippen molar-refractivity contribution in [1.29, 1.82) is 0 Å². The minimum Gasteiger partial charge on any atom is -0.263 e. The first-order chi connectivity index (χ1) is 8.40. The van der Waals surface area contributed by atoms with Crippen LogP contribution in [0, 0.1) is 10.1 Å². The predicted octanol–water partition coefficient (Wildman–Crippen LogP) is 2.49. The topological polar surface area (TPSA) is 86.5 Å². The van der Waals surface area contributed by atoms with E-state index in [4.69, 9.17) is 4.18 Å². The van der Waals surface area contributed by atoms with Crippen molar-refractivity contribution in [3.8, 4) is 0 Å². The molecule has 7 heteroatoms. The van der Waals surface area contributed by atoms with Crippen molar-refractivity contribution in [2.45, 2.75) is 37.7 Å². The largest absolute Gasteiger partial charge is 0.297 e. The van der Waals surface area contributed by atoms with Crippen LogP contribution in [0.15, 0.2) is 29.2 Å². The van der Waals surface area contributed by atoms with Crippen LogP contribution < -0.4 is 0 Å². The summed E-state index contributed by atoms with van der Waals surface area (Å²) in [6, 6.07) is 4.64. The van der Waals surface area contributed by atoms with E-state index in [1.165, 1.54) is 12.1 Å². The number of nitrogens with zero attached hydrogens (tertiary/aromatic N) is 1. The molecule has 0 bridgehead atoms. The van der Waals surface area contributed by atoms with Crippen molar-refractivity contribution in [2.75, 3.05) is 0 Å². The molecule has 0 aromatic heterocycles. The van der Waals surface area contributed by atoms with Crippen molar-refractivity contribution in [3.05, 3.63) is 34.4 Å². The van der Waals surface area contributed by atoms with Gasteiger partial charge < -0.3 is 0 Å². The van der Waals surface area contributed by atoms with E-state index in [9.17, 15) is 18.5 Å². The van der Waals surface area contributed by atoms with Gasteiger partial charge in [0.2, 0.25) is 0 Å². The van der Waals surface area contributed by atoms with Gasteiger partial charge in [0.25, 0.3) is 15.8 Å². The Hall–Kier alpha value is -1.47. The number of benzene rings is 1. The highest BCUT2D eigenvalue weighted by Crippen LogP contribution is 2.20. The van der Waals surface area contributed by atoms with Gasteiger partial charge in [-0.05, 0) is 25.0 Å². The second-order valence-electron chi connectivity index (χ2n) is 3.74. The molecule has 0 saturated heterocycles. The average Bonchev–Trinajstić information content (AvgIpc) is 2.36. The van der Waals surface area contributed by atoms with E-state index in [0.29, 0.717) is 12.8 Å². The third kappa shape index (κ3) is 3.51. The number of non-ortho nitro benzene ring substituents is 1. The summed E-state index contributed by atoms with van der Waals surface area (Å²) in [7, 11) is -3.85. The Morgan fingerprint density at radius 1 is 1.22 bits per heavy atom. The molecular formula is C11H15NO5S. The minimum atomic E-state index is -3.85. The van der Waals surface area contributed by atoms with E-state index in [-0.39, 0.29) is 16.7 Å². The van der Waals surface area contributed by atoms with Crippen LogP contribution in [0.3, 0.4) is 0 Å². The Labute approximate surface area is 106 Å². The summed E-state index contributed by atoms with van der Waals surface area (Å²) in [5.74, 6) is 0. The fourth-order valence-electron chi connectivity index (χ4n) is 1.39. The van der Waals surface area contributed by atoms with Gasteiger partial charge in [0.15, 0.2) is 0 Å². The molecule has 100 valence electrons. The van der Waals surface area contributed by atoms with Gasteiger partial charge in [0, 0.05) is 12.1 Å². The summed E-state index contributed by atoms with van der Waals surface area (Å²) < 4.78 is 28.7. The first-order valence-corrected chi connectivity index (χ1v) is 6.99. The lowest BCUT2D eigenvalue weighted by Gasteiger charge is -2.13.